The van der Waals surface area contributed by atoms with Crippen molar-refractivity contribution in [3.8, 4) is 22.9 Å². The SMILES string of the molecule is CC1=Nc2cc(-c3ccc4c(c3)CN(c3ccnc5cc(C#N)ccc35)CCO4)ccc2CCC1. The summed E-state index contributed by atoms with van der Waals surface area (Å²) in [6.45, 7) is 4.25. The molecule has 4 aromatic rings. The fourth-order valence-electron chi connectivity index (χ4n) is 5.11. The summed E-state index contributed by atoms with van der Waals surface area (Å²) in [5.74, 6) is 0.935. The number of pyridine rings is 1. The van der Waals surface area contributed by atoms with Crippen LogP contribution in [0.3, 0.4) is 0 Å². The van der Waals surface area contributed by atoms with Crippen LogP contribution in [0.15, 0.2) is 71.9 Å². The molecule has 6 rings (SSSR count). The van der Waals surface area contributed by atoms with Crippen molar-refractivity contribution in [1.82, 2.24) is 4.98 Å². The lowest BCUT2D eigenvalue weighted by molar-refractivity contribution is 0.332. The van der Waals surface area contributed by atoms with E-state index in [0.29, 0.717) is 12.2 Å². The molecule has 0 spiro atoms. The lowest BCUT2D eigenvalue weighted by atomic mass is 9.98. The molecule has 172 valence electrons. The minimum absolute atomic E-state index is 0.610. The zero-order valence-corrected chi connectivity index (χ0v) is 19.8. The highest BCUT2D eigenvalue weighted by atomic mass is 16.5. The number of benzene rings is 3. The third kappa shape index (κ3) is 4.13. The predicted octanol–water partition coefficient (Wildman–Crippen LogP) is 6.60. The second kappa shape index (κ2) is 8.88. The van der Waals surface area contributed by atoms with Crippen LogP contribution < -0.4 is 9.64 Å². The van der Waals surface area contributed by atoms with Crippen molar-refractivity contribution < 1.29 is 4.74 Å². The monoisotopic (exact) mass is 458 g/mol. The number of anilines is 1. The Morgan fingerprint density at radius 1 is 0.943 bits per heavy atom. The van der Waals surface area contributed by atoms with E-state index < -0.39 is 0 Å². The number of ether oxygens (including phenoxy) is 1. The molecular formula is C30H26N4O. The van der Waals surface area contributed by atoms with Crippen molar-refractivity contribution in [3.63, 3.8) is 0 Å². The van der Waals surface area contributed by atoms with E-state index in [-0.39, 0.29) is 0 Å². The van der Waals surface area contributed by atoms with E-state index in [9.17, 15) is 5.26 Å². The maximum absolute atomic E-state index is 9.26. The molecule has 2 aliphatic heterocycles. The minimum Gasteiger partial charge on any atom is -0.491 e. The Bertz CT molecular complexity index is 1520. The Hall–Kier alpha value is -4.17. The van der Waals surface area contributed by atoms with Gasteiger partial charge in [0.1, 0.15) is 12.4 Å². The van der Waals surface area contributed by atoms with Crippen LogP contribution in [0.2, 0.25) is 0 Å². The molecule has 0 radical (unpaired) electrons. The van der Waals surface area contributed by atoms with Crippen molar-refractivity contribution in [2.24, 2.45) is 4.99 Å². The zero-order valence-electron chi connectivity index (χ0n) is 19.8. The largest absolute Gasteiger partial charge is 0.491 e. The standard InChI is InChI=1S/C30H26N4O/c1-20-3-2-4-22-6-7-24(17-27(22)33-20)23-8-10-30-25(16-23)19-34(13-14-35-30)29-11-12-32-28-15-21(18-31)5-9-26(28)29/h5-12,15-17H,2-4,13-14,19H2,1H3. The number of rotatable bonds is 2. The van der Waals surface area contributed by atoms with E-state index >= 15 is 0 Å². The van der Waals surface area contributed by atoms with Crippen LogP contribution in [-0.2, 0) is 13.0 Å². The van der Waals surface area contributed by atoms with Gasteiger partial charge in [-0.1, -0.05) is 18.2 Å². The van der Waals surface area contributed by atoms with Gasteiger partial charge in [0.05, 0.1) is 29.4 Å². The molecule has 0 unspecified atom stereocenters. The molecule has 0 N–H and O–H groups in total. The van der Waals surface area contributed by atoms with Gasteiger partial charge in [0, 0.05) is 35.1 Å². The first-order chi connectivity index (χ1) is 17.2. The fourth-order valence-corrected chi connectivity index (χ4v) is 5.11. The van der Waals surface area contributed by atoms with Gasteiger partial charge in [0.25, 0.3) is 0 Å². The Kier molecular flexibility index (Phi) is 5.42. The van der Waals surface area contributed by atoms with Crippen LogP contribution in [0.25, 0.3) is 22.0 Å². The molecule has 0 aliphatic carbocycles. The molecule has 0 atom stereocenters. The maximum Gasteiger partial charge on any atom is 0.124 e. The van der Waals surface area contributed by atoms with Crippen molar-refractivity contribution >= 4 is 28.0 Å². The molecule has 0 fully saturated rings. The first-order valence-corrected chi connectivity index (χ1v) is 12.1. The molecule has 0 amide bonds. The van der Waals surface area contributed by atoms with Gasteiger partial charge < -0.3 is 9.64 Å². The first kappa shape index (κ1) is 21.4. The van der Waals surface area contributed by atoms with E-state index in [1.807, 2.05) is 24.4 Å². The highest BCUT2D eigenvalue weighted by Crippen LogP contribution is 2.35. The second-order valence-corrected chi connectivity index (χ2v) is 9.31. The van der Waals surface area contributed by atoms with E-state index in [4.69, 9.17) is 9.73 Å². The highest BCUT2D eigenvalue weighted by Gasteiger charge is 2.19. The summed E-state index contributed by atoms with van der Waals surface area (Å²) >= 11 is 0. The third-order valence-electron chi connectivity index (χ3n) is 6.94. The minimum atomic E-state index is 0.610. The second-order valence-electron chi connectivity index (χ2n) is 9.31. The van der Waals surface area contributed by atoms with Crippen LogP contribution >= 0.6 is 0 Å². The normalized spacial score (nSPS) is 15.2. The molecule has 3 heterocycles. The van der Waals surface area contributed by atoms with Gasteiger partial charge in [-0.2, -0.15) is 5.26 Å². The van der Waals surface area contributed by atoms with Crippen molar-refractivity contribution in [2.45, 2.75) is 32.7 Å². The summed E-state index contributed by atoms with van der Waals surface area (Å²) in [5.41, 5.74) is 9.72. The van der Waals surface area contributed by atoms with E-state index in [1.54, 1.807) is 0 Å². The van der Waals surface area contributed by atoms with Crippen molar-refractivity contribution in [1.29, 1.82) is 5.26 Å². The van der Waals surface area contributed by atoms with Crippen LogP contribution in [0, 0.1) is 11.3 Å². The van der Waals surface area contributed by atoms with Crippen LogP contribution in [0.4, 0.5) is 11.4 Å². The average Bonchev–Trinajstić information content (AvgIpc) is 3.21. The molecule has 1 aromatic heterocycles. The van der Waals surface area contributed by atoms with Gasteiger partial charge in [-0.05, 0) is 85.3 Å². The third-order valence-corrected chi connectivity index (χ3v) is 6.94. The summed E-state index contributed by atoms with van der Waals surface area (Å²) in [5, 5.41) is 10.3. The van der Waals surface area contributed by atoms with Gasteiger partial charge in [0.15, 0.2) is 0 Å². The fraction of sp³-hybridized carbons (Fsp3) is 0.233. The molecule has 5 nitrogen and oxygen atoms in total. The number of fused-ring (bicyclic) bond motifs is 3. The smallest absolute Gasteiger partial charge is 0.124 e. The van der Waals surface area contributed by atoms with Gasteiger partial charge >= 0.3 is 0 Å². The van der Waals surface area contributed by atoms with Crippen LogP contribution in [-0.4, -0.2) is 23.8 Å². The molecule has 3 aromatic carbocycles. The molecule has 5 heteroatoms. The number of nitrogens with zero attached hydrogens (tertiary/aromatic N) is 4. The number of aryl methyl sites for hydroxylation is 1. The Labute approximate surface area is 205 Å². The number of hydrogen-bond donors (Lipinski definition) is 0. The number of nitriles is 1. The van der Waals surface area contributed by atoms with Crippen LogP contribution in [0.5, 0.6) is 5.75 Å². The molecule has 35 heavy (non-hydrogen) atoms. The quantitative estimate of drug-likeness (QED) is 0.339. The molecular weight excluding hydrogens is 432 g/mol. The summed E-state index contributed by atoms with van der Waals surface area (Å²) in [6.07, 6.45) is 5.13. The Balaban J connectivity index is 1.36. The summed E-state index contributed by atoms with van der Waals surface area (Å²) < 4.78 is 6.14. The predicted molar refractivity (Wildman–Crippen MR) is 141 cm³/mol. The topological polar surface area (TPSA) is 61.5 Å². The van der Waals surface area contributed by atoms with Crippen LogP contribution in [0.1, 0.15) is 36.5 Å². The summed E-state index contributed by atoms with van der Waals surface area (Å²) in [4.78, 5) is 11.7. The molecule has 0 saturated heterocycles. The molecule has 2 aliphatic rings. The van der Waals surface area contributed by atoms with Gasteiger partial charge in [-0.3, -0.25) is 9.98 Å². The maximum atomic E-state index is 9.26. The highest BCUT2D eigenvalue weighted by molar-refractivity contribution is 5.92. The van der Waals surface area contributed by atoms with Gasteiger partial charge in [-0.25, -0.2) is 0 Å². The average molecular weight is 459 g/mol. The lowest BCUT2D eigenvalue weighted by Gasteiger charge is -2.24. The number of aromatic nitrogens is 1. The Morgan fingerprint density at radius 2 is 1.83 bits per heavy atom. The van der Waals surface area contributed by atoms with Crippen molar-refractivity contribution in [2.75, 3.05) is 18.1 Å². The molecule has 0 bridgehead atoms. The number of aliphatic imine (C=N–C) groups is 1. The van der Waals surface area contributed by atoms with Crippen molar-refractivity contribution in [3.05, 3.63) is 83.6 Å². The zero-order chi connectivity index (χ0) is 23.8. The van der Waals surface area contributed by atoms with E-state index in [2.05, 4.69) is 65.3 Å². The lowest BCUT2D eigenvalue weighted by Crippen LogP contribution is -2.25. The van der Waals surface area contributed by atoms with Gasteiger partial charge in [0.2, 0.25) is 0 Å². The number of hydrogen-bond acceptors (Lipinski definition) is 5. The first-order valence-electron chi connectivity index (χ1n) is 12.1. The van der Waals surface area contributed by atoms with E-state index in [1.165, 1.54) is 22.4 Å². The van der Waals surface area contributed by atoms with E-state index in [0.717, 1.165) is 65.9 Å². The molecule has 0 saturated carbocycles. The van der Waals surface area contributed by atoms with Gasteiger partial charge in [-0.15, -0.1) is 0 Å². The Morgan fingerprint density at radius 3 is 2.74 bits per heavy atom. The summed E-state index contributed by atoms with van der Waals surface area (Å²) in [6, 6.07) is 23.1. The summed E-state index contributed by atoms with van der Waals surface area (Å²) in [7, 11) is 0.